The molecular weight excluding hydrogens is 174 g/mol. The van der Waals surface area contributed by atoms with Gasteiger partial charge in [-0.2, -0.15) is 0 Å². The van der Waals surface area contributed by atoms with E-state index in [2.05, 4.69) is 0 Å². The number of nitrogens with two attached hydrogens (primary N) is 1. The van der Waals surface area contributed by atoms with Crippen LogP contribution in [0.15, 0.2) is 12.1 Å². The molecule has 0 fully saturated rings. The number of hydrogen-bond donors (Lipinski definition) is 1. The van der Waals surface area contributed by atoms with Gasteiger partial charge in [-0.05, 0) is 57.9 Å². The van der Waals surface area contributed by atoms with E-state index in [-0.39, 0.29) is 5.60 Å². The molecule has 2 nitrogen and oxygen atoms in total. The maximum atomic E-state index is 5.86. The van der Waals surface area contributed by atoms with Crippen molar-refractivity contribution < 1.29 is 4.74 Å². The first kappa shape index (κ1) is 10.9. The van der Waals surface area contributed by atoms with Crippen molar-refractivity contribution in [1.29, 1.82) is 0 Å². The second-order valence-electron chi connectivity index (χ2n) is 4.70. The van der Waals surface area contributed by atoms with Crippen molar-refractivity contribution >= 4 is 5.69 Å². The van der Waals surface area contributed by atoms with E-state index in [0.29, 0.717) is 0 Å². The van der Waals surface area contributed by atoms with Gasteiger partial charge in [0.15, 0.2) is 0 Å². The highest BCUT2D eigenvalue weighted by Crippen LogP contribution is 2.28. The molecule has 0 unspecified atom stereocenters. The average Bonchev–Trinajstić information content (AvgIpc) is 1.95. The first-order valence-electron chi connectivity index (χ1n) is 4.85. The first-order valence-corrected chi connectivity index (χ1v) is 4.85. The Morgan fingerprint density at radius 1 is 1.07 bits per heavy atom. The molecule has 0 heterocycles. The zero-order chi connectivity index (χ0) is 10.9. The minimum absolute atomic E-state index is 0.161. The summed E-state index contributed by atoms with van der Waals surface area (Å²) in [6.45, 7) is 10.2. The van der Waals surface area contributed by atoms with Crippen LogP contribution in [-0.2, 0) is 0 Å². The Labute approximate surface area is 86.1 Å². The topological polar surface area (TPSA) is 35.2 Å². The quantitative estimate of drug-likeness (QED) is 0.696. The summed E-state index contributed by atoms with van der Waals surface area (Å²) in [5, 5.41) is 0. The molecule has 1 aromatic rings. The third kappa shape index (κ3) is 2.66. The summed E-state index contributed by atoms with van der Waals surface area (Å²) >= 11 is 0. The number of aryl methyl sites for hydroxylation is 2. The van der Waals surface area contributed by atoms with Crippen molar-refractivity contribution in [1.82, 2.24) is 0 Å². The lowest BCUT2D eigenvalue weighted by Crippen LogP contribution is -2.24. The minimum Gasteiger partial charge on any atom is -0.488 e. The molecule has 0 radical (unpaired) electrons. The van der Waals surface area contributed by atoms with Crippen molar-refractivity contribution in [2.45, 2.75) is 40.2 Å². The van der Waals surface area contributed by atoms with Gasteiger partial charge in [0.25, 0.3) is 0 Å². The van der Waals surface area contributed by atoms with Crippen LogP contribution in [0.4, 0.5) is 5.69 Å². The molecular formula is C12H19NO. The molecule has 0 aromatic heterocycles. The predicted octanol–water partition coefficient (Wildman–Crippen LogP) is 3.06. The predicted molar refractivity (Wildman–Crippen MR) is 60.7 cm³/mol. The van der Waals surface area contributed by atoms with Gasteiger partial charge in [-0.3, -0.25) is 0 Å². The molecule has 2 N–H and O–H groups in total. The Bertz CT molecular complexity index is 314. The first-order chi connectivity index (χ1) is 6.29. The van der Waals surface area contributed by atoms with Gasteiger partial charge in [0.05, 0.1) is 0 Å². The smallest absolute Gasteiger partial charge is 0.126 e. The van der Waals surface area contributed by atoms with E-state index in [0.717, 1.165) is 22.6 Å². The molecule has 1 aromatic carbocycles. The van der Waals surface area contributed by atoms with Gasteiger partial charge in [-0.1, -0.05) is 0 Å². The summed E-state index contributed by atoms with van der Waals surface area (Å²) in [5.41, 5.74) is 8.56. The van der Waals surface area contributed by atoms with E-state index >= 15 is 0 Å². The maximum Gasteiger partial charge on any atom is 0.126 e. The zero-order valence-corrected chi connectivity index (χ0v) is 9.64. The number of nitrogen functional groups attached to an aromatic ring is 1. The molecule has 0 atom stereocenters. The molecule has 78 valence electrons. The van der Waals surface area contributed by atoms with Gasteiger partial charge in [-0.15, -0.1) is 0 Å². The molecule has 0 saturated carbocycles. The van der Waals surface area contributed by atoms with Crippen molar-refractivity contribution in [2.75, 3.05) is 5.73 Å². The van der Waals surface area contributed by atoms with Crippen LogP contribution in [0.5, 0.6) is 5.75 Å². The van der Waals surface area contributed by atoms with Crippen molar-refractivity contribution in [3.63, 3.8) is 0 Å². The van der Waals surface area contributed by atoms with E-state index in [1.165, 1.54) is 0 Å². The second kappa shape index (κ2) is 3.52. The van der Waals surface area contributed by atoms with Crippen molar-refractivity contribution in [3.8, 4) is 5.75 Å². The van der Waals surface area contributed by atoms with Crippen molar-refractivity contribution in [3.05, 3.63) is 23.3 Å². The fourth-order valence-electron chi connectivity index (χ4n) is 1.45. The number of hydrogen-bond acceptors (Lipinski definition) is 2. The maximum absolute atomic E-state index is 5.86. The number of ether oxygens (including phenoxy) is 1. The van der Waals surface area contributed by atoms with E-state index in [9.17, 15) is 0 Å². The third-order valence-corrected chi connectivity index (χ3v) is 1.89. The molecule has 0 aliphatic rings. The Morgan fingerprint density at radius 3 is 1.86 bits per heavy atom. The summed E-state index contributed by atoms with van der Waals surface area (Å²) < 4.78 is 5.86. The fourth-order valence-corrected chi connectivity index (χ4v) is 1.45. The Morgan fingerprint density at radius 2 is 1.50 bits per heavy atom. The van der Waals surface area contributed by atoms with Gasteiger partial charge < -0.3 is 10.5 Å². The molecule has 0 aliphatic carbocycles. The minimum atomic E-state index is -0.161. The van der Waals surface area contributed by atoms with E-state index < -0.39 is 0 Å². The van der Waals surface area contributed by atoms with Gasteiger partial charge in [0.1, 0.15) is 11.4 Å². The van der Waals surface area contributed by atoms with Crippen LogP contribution in [-0.4, -0.2) is 5.60 Å². The summed E-state index contributed by atoms with van der Waals surface area (Å²) in [6.07, 6.45) is 0. The molecule has 0 bridgehead atoms. The number of rotatable bonds is 1. The molecule has 14 heavy (non-hydrogen) atoms. The summed E-state index contributed by atoms with van der Waals surface area (Å²) in [7, 11) is 0. The Balaban J connectivity index is 3.09. The van der Waals surface area contributed by atoms with E-state index in [1.807, 2.05) is 46.8 Å². The normalized spacial score (nSPS) is 11.5. The molecule has 1 rings (SSSR count). The third-order valence-electron chi connectivity index (χ3n) is 1.89. The Kier molecular flexibility index (Phi) is 2.74. The molecule has 0 saturated heterocycles. The molecule has 2 heteroatoms. The van der Waals surface area contributed by atoms with Crippen LogP contribution in [0.3, 0.4) is 0 Å². The monoisotopic (exact) mass is 193 g/mol. The van der Waals surface area contributed by atoms with Gasteiger partial charge in [0.2, 0.25) is 0 Å². The summed E-state index contributed by atoms with van der Waals surface area (Å²) in [6, 6.07) is 3.88. The van der Waals surface area contributed by atoms with Crippen LogP contribution < -0.4 is 10.5 Å². The average molecular weight is 193 g/mol. The molecule has 0 spiro atoms. The largest absolute Gasteiger partial charge is 0.488 e. The van der Waals surface area contributed by atoms with Crippen LogP contribution in [0.1, 0.15) is 31.9 Å². The van der Waals surface area contributed by atoms with Gasteiger partial charge >= 0.3 is 0 Å². The van der Waals surface area contributed by atoms with Crippen LogP contribution >= 0.6 is 0 Å². The van der Waals surface area contributed by atoms with Crippen LogP contribution in [0, 0.1) is 13.8 Å². The molecule has 0 amide bonds. The SMILES string of the molecule is Cc1cc(N)cc(C)c1OC(C)(C)C. The van der Waals surface area contributed by atoms with E-state index in [1.54, 1.807) is 0 Å². The van der Waals surface area contributed by atoms with Crippen LogP contribution in [0.2, 0.25) is 0 Å². The highest BCUT2D eigenvalue weighted by atomic mass is 16.5. The molecule has 0 aliphatic heterocycles. The number of anilines is 1. The zero-order valence-electron chi connectivity index (χ0n) is 9.64. The lowest BCUT2D eigenvalue weighted by atomic mass is 10.1. The fraction of sp³-hybridized carbons (Fsp3) is 0.500. The standard InChI is InChI=1S/C12H19NO/c1-8-6-10(13)7-9(2)11(8)14-12(3,4)5/h6-7H,13H2,1-5H3. The highest BCUT2D eigenvalue weighted by molar-refractivity contribution is 5.52. The Hall–Kier alpha value is -1.18. The van der Waals surface area contributed by atoms with Crippen LogP contribution in [0.25, 0.3) is 0 Å². The van der Waals surface area contributed by atoms with E-state index in [4.69, 9.17) is 10.5 Å². The van der Waals surface area contributed by atoms with Gasteiger partial charge in [0, 0.05) is 5.69 Å². The summed E-state index contributed by atoms with van der Waals surface area (Å²) in [4.78, 5) is 0. The van der Waals surface area contributed by atoms with Crippen molar-refractivity contribution in [2.24, 2.45) is 0 Å². The summed E-state index contributed by atoms with van der Waals surface area (Å²) in [5.74, 6) is 0.951. The number of benzene rings is 1. The second-order valence-corrected chi connectivity index (χ2v) is 4.70. The van der Waals surface area contributed by atoms with Gasteiger partial charge in [-0.25, -0.2) is 0 Å². The highest BCUT2D eigenvalue weighted by Gasteiger charge is 2.15. The lowest BCUT2D eigenvalue weighted by Gasteiger charge is -2.24. The lowest BCUT2D eigenvalue weighted by molar-refractivity contribution is 0.129.